The molecule has 12 heteroatoms. The molecule has 2 aromatic carbocycles. The number of carbonyl (C=O) groups excluding carboxylic acids is 3. The van der Waals surface area contributed by atoms with Gasteiger partial charge in [0.05, 0.1) is 31.0 Å². The fourth-order valence-electron chi connectivity index (χ4n) is 3.81. The molecule has 1 heterocycles. The van der Waals surface area contributed by atoms with Gasteiger partial charge in [-0.15, -0.1) is 0 Å². The summed E-state index contributed by atoms with van der Waals surface area (Å²) in [6.45, 7) is -0.0806. The maximum absolute atomic E-state index is 13.0. The van der Waals surface area contributed by atoms with Gasteiger partial charge in [-0.2, -0.15) is 0 Å². The largest absolute Gasteiger partial charge is 0.491 e. The Morgan fingerprint density at radius 2 is 1.92 bits per heavy atom. The van der Waals surface area contributed by atoms with Crippen LogP contribution < -0.4 is 20.1 Å². The lowest BCUT2D eigenvalue weighted by molar-refractivity contribution is -0.135. The van der Waals surface area contributed by atoms with Crippen LogP contribution in [0.3, 0.4) is 0 Å². The number of amides is 3. The number of nitrogens with zero attached hydrogens (tertiary/aromatic N) is 1. The molecule has 0 spiro atoms. The standard InChI is InChI=1S/C25H31ClN4O6S/c1-37(34,35)28-15-24(32)30-12-6-5-11-27-25(33)21-14-19(26)9-10-22(21)36-17-20(29-23(31)16-30)13-18-7-3-2-4-8-18/h2-4,7-10,14,20,28H,5-6,11-13,15-17H2,1H3,(H,27,33)(H,29,31)/t20-/m0/s1. The Balaban J connectivity index is 1.82. The van der Waals surface area contributed by atoms with Gasteiger partial charge < -0.3 is 20.3 Å². The molecule has 1 atom stereocenters. The van der Waals surface area contributed by atoms with E-state index in [0.717, 1.165) is 11.8 Å². The number of benzene rings is 2. The molecule has 0 fully saturated rings. The molecule has 1 aliphatic rings. The van der Waals surface area contributed by atoms with Crippen LogP contribution in [0.4, 0.5) is 0 Å². The molecule has 3 amide bonds. The van der Waals surface area contributed by atoms with E-state index in [2.05, 4.69) is 15.4 Å². The van der Waals surface area contributed by atoms with Gasteiger partial charge in [0.1, 0.15) is 12.4 Å². The summed E-state index contributed by atoms with van der Waals surface area (Å²) in [4.78, 5) is 39.8. The van der Waals surface area contributed by atoms with E-state index in [4.69, 9.17) is 16.3 Å². The summed E-state index contributed by atoms with van der Waals surface area (Å²) in [6, 6.07) is 13.8. The van der Waals surface area contributed by atoms with E-state index >= 15 is 0 Å². The maximum atomic E-state index is 13.0. The molecule has 2 aromatic rings. The predicted molar refractivity (Wildman–Crippen MR) is 140 cm³/mol. The molecule has 3 N–H and O–H groups in total. The van der Waals surface area contributed by atoms with Crippen molar-refractivity contribution in [3.63, 3.8) is 0 Å². The number of nitrogens with one attached hydrogen (secondary N) is 3. The van der Waals surface area contributed by atoms with Gasteiger partial charge in [0.25, 0.3) is 5.91 Å². The van der Waals surface area contributed by atoms with Crippen LogP contribution in [0.25, 0.3) is 0 Å². The lowest BCUT2D eigenvalue weighted by atomic mass is 10.1. The summed E-state index contributed by atoms with van der Waals surface area (Å²) < 4.78 is 31.0. The van der Waals surface area contributed by atoms with Crippen LogP contribution in [0.15, 0.2) is 48.5 Å². The van der Waals surface area contributed by atoms with Gasteiger partial charge in [-0.05, 0) is 43.0 Å². The van der Waals surface area contributed by atoms with Crippen LogP contribution in [-0.2, 0) is 26.0 Å². The number of halogens is 1. The number of rotatable bonds is 5. The van der Waals surface area contributed by atoms with Crippen LogP contribution >= 0.6 is 11.6 Å². The summed E-state index contributed by atoms with van der Waals surface area (Å²) in [6.07, 6.45) is 2.43. The molecule has 0 aromatic heterocycles. The minimum absolute atomic E-state index is 0.0616. The summed E-state index contributed by atoms with van der Waals surface area (Å²) in [5, 5.41) is 6.14. The lowest BCUT2D eigenvalue weighted by Gasteiger charge is -2.25. The van der Waals surface area contributed by atoms with E-state index in [1.54, 1.807) is 12.1 Å². The van der Waals surface area contributed by atoms with Crippen LogP contribution in [-0.4, -0.2) is 76.1 Å². The van der Waals surface area contributed by atoms with Crippen molar-refractivity contribution >= 4 is 39.3 Å². The number of carbonyl (C=O) groups is 3. The topological polar surface area (TPSA) is 134 Å². The zero-order valence-electron chi connectivity index (χ0n) is 20.5. The van der Waals surface area contributed by atoms with Crippen molar-refractivity contribution in [2.24, 2.45) is 0 Å². The molecule has 3 rings (SSSR count). The number of hydrogen-bond acceptors (Lipinski definition) is 6. The van der Waals surface area contributed by atoms with Crippen LogP contribution in [0.2, 0.25) is 5.02 Å². The molecule has 0 unspecified atom stereocenters. The number of sulfonamides is 1. The van der Waals surface area contributed by atoms with E-state index in [1.165, 1.54) is 11.0 Å². The fourth-order valence-corrected chi connectivity index (χ4v) is 4.37. The molecule has 1 aliphatic heterocycles. The minimum Gasteiger partial charge on any atom is -0.491 e. The average Bonchev–Trinajstić information content (AvgIpc) is 2.85. The first-order valence-corrected chi connectivity index (χ1v) is 14.1. The van der Waals surface area contributed by atoms with E-state index in [0.29, 0.717) is 36.6 Å². The summed E-state index contributed by atoms with van der Waals surface area (Å²) in [7, 11) is -3.57. The monoisotopic (exact) mass is 550 g/mol. The highest BCUT2D eigenvalue weighted by Crippen LogP contribution is 2.23. The van der Waals surface area contributed by atoms with Gasteiger partial charge in [-0.3, -0.25) is 14.4 Å². The Bertz CT molecular complexity index is 1210. The van der Waals surface area contributed by atoms with Gasteiger partial charge in [0.2, 0.25) is 21.8 Å². The molecule has 10 nitrogen and oxygen atoms in total. The number of hydrogen-bond donors (Lipinski definition) is 3. The van der Waals surface area contributed by atoms with E-state index < -0.39 is 34.4 Å². The SMILES string of the molecule is CS(=O)(=O)NCC(=O)N1CCCCNC(=O)c2cc(Cl)ccc2OC[C@H](Cc2ccccc2)NC(=O)C1. The van der Waals surface area contributed by atoms with Crippen molar-refractivity contribution < 1.29 is 27.5 Å². The summed E-state index contributed by atoms with van der Waals surface area (Å²) in [5.74, 6) is -0.932. The Hall–Kier alpha value is -3.15. The zero-order valence-corrected chi connectivity index (χ0v) is 22.1. The third-order valence-electron chi connectivity index (χ3n) is 5.63. The first-order chi connectivity index (χ1) is 17.6. The van der Waals surface area contributed by atoms with E-state index in [-0.39, 0.29) is 31.2 Å². The van der Waals surface area contributed by atoms with Crippen molar-refractivity contribution in [2.75, 3.05) is 39.0 Å². The highest BCUT2D eigenvalue weighted by molar-refractivity contribution is 7.88. The van der Waals surface area contributed by atoms with Crippen molar-refractivity contribution in [2.45, 2.75) is 25.3 Å². The van der Waals surface area contributed by atoms with Crippen LogP contribution in [0, 0.1) is 0 Å². The van der Waals surface area contributed by atoms with Gasteiger partial charge in [0, 0.05) is 18.1 Å². The summed E-state index contributed by atoms with van der Waals surface area (Å²) in [5.41, 5.74) is 1.25. The third-order valence-corrected chi connectivity index (χ3v) is 6.53. The molecule has 0 saturated carbocycles. The number of ether oxygens (including phenoxy) is 1. The van der Waals surface area contributed by atoms with Gasteiger partial charge in [-0.25, -0.2) is 13.1 Å². The molecule has 0 aliphatic carbocycles. The normalized spacial score (nSPS) is 17.9. The second-order valence-electron chi connectivity index (χ2n) is 8.78. The summed E-state index contributed by atoms with van der Waals surface area (Å²) >= 11 is 6.12. The van der Waals surface area contributed by atoms with Crippen molar-refractivity contribution in [1.82, 2.24) is 20.3 Å². The average molecular weight is 551 g/mol. The Kier molecular flexibility index (Phi) is 10.3. The molecular formula is C25H31ClN4O6S. The van der Waals surface area contributed by atoms with Crippen molar-refractivity contribution in [3.05, 3.63) is 64.7 Å². The quantitative estimate of drug-likeness (QED) is 0.514. The smallest absolute Gasteiger partial charge is 0.255 e. The van der Waals surface area contributed by atoms with Crippen LogP contribution in [0.1, 0.15) is 28.8 Å². The zero-order chi connectivity index (χ0) is 26.8. The molecular weight excluding hydrogens is 520 g/mol. The minimum atomic E-state index is -3.57. The fraction of sp³-hybridized carbons (Fsp3) is 0.400. The second kappa shape index (κ2) is 13.4. The molecule has 200 valence electrons. The molecule has 0 radical (unpaired) electrons. The third kappa shape index (κ3) is 9.67. The second-order valence-corrected chi connectivity index (χ2v) is 11.0. The molecule has 0 saturated heterocycles. The lowest BCUT2D eigenvalue weighted by Crippen LogP contribution is -2.49. The van der Waals surface area contributed by atoms with Crippen molar-refractivity contribution in [1.29, 1.82) is 0 Å². The van der Waals surface area contributed by atoms with E-state index in [1.807, 2.05) is 30.3 Å². The maximum Gasteiger partial charge on any atom is 0.255 e. The Morgan fingerprint density at radius 3 is 2.65 bits per heavy atom. The Morgan fingerprint density at radius 1 is 1.16 bits per heavy atom. The first kappa shape index (κ1) is 28.4. The van der Waals surface area contributed by atoms with Crippen LogP contribution in [0.5, 0.6) is 5.75 Å². The van der Waals surface area contributed by atoms with Gasteiger partial charge >= 0.3 is 0 Å². The molecule has 0 bridgehead atoms. The highest BCUT2D eigenvalue weighted by Gasteiger charge is 2.22. The first-order valence-electron chi connectivity index (χ1n) is 11.9. The Labute approximate surface area is 221 Å². The van der Waals surface area contributed by atoms with Gasteiger partial charge in [0.15, 0.2) is 0 Å². The van der Waals surface area contributed by atoms with Crippen molar-refractivity contribution in [3.8, 4) is 5.75 Å². The number of fused-ring (bicyclic) bond motifs is 1. The highest BCUT2D eigenvalue weighted by atomic mass is 35.5. The predicted octanol–water partition coefficient (Wildman–Crippen LogP) is 1.35. The molecule has 37 heavy (non-hydrogen) atoms. The van der Waals surface area contributed by atoms with E-state index in [9.17, 15) is 22.8 Å². The van der Waals surface area contributed by atoms with Gasteiger partial charge in [-0.1, -0.05) is 41.9 Å².